The van der Waals surface area contributed by atoms with Crippen molar-refractivity contribution in [3.63, 3.8) is 0 Å². The molecule has 2 atom stereocenters. The predicted molar refractivity (Wildman–Crippen MR) is 72.3 cm³/mol. The average molecular weight is 300 g/mol. The summed E-state index contributed by atoms with van der Waals surface area (Å²) in [5, 5.41) is 9.10. The van der Waals surface area contributed by atoms with Crippen LogP contribution in [-0.4, -0.2) is 30.4 Å². The lowest BCUT2D eigenvalue weighted by Gasteiger charge is -2.39. The molecule has 1 aromatic rings. The number of rotatable bonds is 2. The van der Waals surface area contributed by atoms with E-state index in [0.29, 0.717) is 6.04 Å². The number of ether oxygens (including phenoxy) is 1. The zero-order chi connectivity index (χ0) is 12.4. The van der Waals surface area contributed by atoms with Crippen LogP contribution in [0, 0.1) is 0 Å². The fourth-order valence-electron chi connectivity index (χ4n) is 2.12. The molecule has 0 aliphatic carbocycles. The molecule has 0 radical (unpaired) electrons. The Morgan fingerprint density at radius 3 is 2.88 bits per heavy atom. The summed E-state index contributed by atoms with van der Waals surface area (Å²) >= 11 is 3.58. The lowest BCUT2D eigenvalue weighted by molar-refractivity contribution is 0.0343. The summed E-state index contributed by atoms with van der Waals surface area (Å²) in [5.41, 5.74) is 2.10. The molecule has 1 aliphatic heterocycles. The Morgan fingerprint density at radius 1 is 1.47 bits per heavy atom. The van der Waals surface area contributed by atoms with Crippen molar-refractivity contribution < 1.29 is 9.84 Å². The highest BCUT2D eigenvalue weighted by atomic mass is 79.9. The minimum Gasteiger partial charge on any atom is -0.392 e. The van der Waals surface area contributed by atoms with Crippen LogP contribution >= 0.6 is 15.9 Å². The van der Waals surface area contributed by atoms with Gasteiger partial charge in [-0.25, -0.2) is 0 Å². The first-order valence-corrected chi connectivity index (χ1v) is 6.68. The minimum absolute atomic E-state index is 0.0773. The van der Waals surface area contributed by atoms with Crippen molar-refractivity contribution in [3.8, 4) is 0 Å². The normalized spacial score (nSPS) is 25.1. The van der Waals surface area contributed by atoms with Gasteiger partial charge in [0.25, 0.3) is 0 Å². The van der Waals surface area contributed by atoms with Crippen molar-refractivity contribution in [1.82, 2.24) is 0 Å². The topological polar surface area (TPSA) is 32.7 Å². The molecule has 0 saturated carbocycles. The maximum absolute atomic E-state index is 9.10. The Morgan fingerprint density at radius 2 is 2.24 bits per heavy atom. The number of nitrogens with zero attached hydrogens (tertiary/aromatic N) is 1. The molecular formula is C13H18BrNO2. The van der Waals surface area contributed by atoms with Crippen molar-refractivity contribution in [1.29, 1.82) is 0 Å². The van der Waals surface area contributed by atoms with E-state index in [-0.39, 0.29) is 12.7 Å². The van der Waals surface area contributed by atoms with Gasteiger partial charge in [-0.2, -0.15) is 0 Å². The third-order valence-corrected chi connectivity index (χ3v) is 3.75. The highest BCUT2D eigenvalue weighted by Crippen LogP contribution is 2.30. The van der Waals surface area contributed by atoms with E-state index in [9.17, 15) is 0 Å². The summed E-state index contributed by atoms with van der Waals surface area (Å²) in [6.07, 6.45) is 0.260. The molecule has 1 heterocycles. The number of halogens is 1. The maximum atomic E-state index is 9.10. The Bertz CT molecular complexity index is 397. The Labute approximate surface area is 111 Å². The monoisotopic (exact) mass is 299 g/mol. The van der Waals surface area contributed by atoms with Crippen LogP contribution in [0.15, 0.2) is 22.7 Å². The molecule has 17 heavy (non-hydrogen) atoms. The second kappa shape index (κ2) is 5.38. The van der Waals surface area contributed by atoms with Crippen molar-refractivity contribution in [2.24, 2.45) is 0 Å². The van der Waals surface area contributed by atoms with E-state index in [1.807, 2.05) is 12.1 Å². The molecular weight excluding hydrogens is 282 g/mol. The van der Waals surface area contributed by atoms with Gasteiger partial charge in [-0.05, 0) is 47.5 Å². The van der Waals surface area contributed by atoms with Gasteiger partial charge in [0.15, 0.2) is 0 Å². The van der Waals surface area contributed by atoms with Gasteiger partial charge >= 0.3 is 0 Å². The number of morpholine rings is 1. The Balaban J connectivity index is 2.26. The fourth-order valence-corrected chi connectivity index (χ4v) is 2.77. The van der Waals surface area contributed by atoms with Crippen LogP contribution in [0.4, 0.5) is 5.69 Å². The smallest absolute Gasteiger partial charge is 0.0723 e. The van der Waals surface area contributed by atoms with Crippen LogP contribution < -0.4 is 4.90 Å². The molecule has 0 amide bonds. The highest BCUT2D eigenvalue weighted by Gasteiger charge is 2.24. The zero-order valence-corrected chi connectivity index (χ0v) is 11.8. The van der Waals surface area contributed by atoms with E-state index >= 15 is 0 Å². The van der Waals surface area contributed by atoms with Crippen molar-refractivity contribution in [3.05, 3.63) is 28.2 Å². The van der Waals surface area contributed by atoms with Gasteiger partial charge in [-0.3, -0.25) is 0 Å². The van der Waals surface area contributed by atoms with E-state index in [4.69, 9.17) is 9.84 Å². The lowest BCUT2D eigenvalue weighted by atomic mass is 10.1. The van der Waals surface area contributed by atoms with Gasteiger partial charge in [-0.15, -0.1) is 0 Å². The number of anilines is 1. The van der Waals surface area contributed by atoms with Gasteiger partial charge in [0.05, 0.1) is 25.0 Å². The van der Waals surface area contributed by atoms with Crippen LogP contribution in [0.3, 0.4) is 0 Å². The number of hydrogen-bond acceptors (Lipinski definition) is 3. The van der Waals surface area contributed by atoms with E-state index in [0.717, 1.165) is 23.2 Å². The molecule has 1 aliphatic rings. The van der Waals surface area contributed by atoms with Crippen LogP contribution in [0.2, 0.25) is 0 Å². The number of aliphatic hydroxyl groups is 1. The van der Waals surface area contributed by atoms with Gasteiger partial charge in [-0.1, -0.05) is 6.07 Å². The molecule has 1 fully saturated rings. The van der Waals surface area contributed by atoms with Gasteiger partial charge in [0.2, 0.25) is 0 Å². The molecule has 3 nitrogen and oxygen atoms in total. The van der Waals surface area contributed by atoms with Crippen LogP contribution in [0.25, 0.3) is 0 Å². The standard InChI is InChI=1S/C13H18BrNO2/c1-9-8-17-10(2)6-15(9)13-4-3-11(7-16)5-12(13)14/h3-5,9-10,16H,6-8H2,1-2H3. The first kappa shape index (κ1) is 12.9. The molecule has 1 N–H and O–H groups in total. The summed E-state index contributed by atoms with van der Waals surface area (Å²) in [6, 6.07) is 6.38. The average Bonchev–Trinajstić information content (AvgIpc) is 2.32. The SMILES string of the molecule is CC1CN(c2ccc(CO)cc2Br)C(C)CO1. The van der Waals surface area contributed by atoms with Crippen LogP contribution in [0.5, 0.6) is 0 Å². The molecule has 1 saturated heterocycles. The van der Waals surface area contributed by atoms with Gasteiger partial charge in [0.1, 0.15) is 0 Å². The third kappa shape index (κ3) is 2.81. The van der Waals surface area contributed by atoms with Gasteiger partial charge in [0, 0.05) is 17.1 Å². The maximum Gasteiger partial charge on any atom is 0.0723 e. The molecule has 1 aromatic carbocycles. The van der Waals surface area contributed by atoms with Crippen molar-refractivity contribution in [2.75, 3.05) is 18.1 Å². The Hall–Kier alpha value is -0.580. The largest absolute Gasteiger partial charge is 0.392 e. The highest BCUT2D eigenvalue weighted by molar-refractivity contribution is 9.10. The molecule has 94 valence electrons. The zero-order valence-electron chi connectivity index (χ0n) is 10.2. The first-order chi connectivity index (χ1) is 8.11. The van der Waals surface area contributed by atoms with E-state index in [2.05, 4.69) is 40.7 Å². The molecule has 0 bridgehead atoms. The summed E-state index contributed by atoms with van der Waals surface area (Å²) < 4.78 is 6.66. The van der Waals surface area contributed by atoms with Crippen LogP contribution in [0.1, 0.15) is 19.4 Å². The number of hydrogen-bond donors (Lipinski definition) is 1. The fraction of sp³-hybridized carbons (Fsp3) is 0.538. The van der Waals surface area contributed by atoms with E-state index < -0.39 is 0 Å². The molecule has 4 heteroatoms. The lowest BCUT2D eigenvalue weighted by Crippen LogP contribution is -2.47. The summed E-state index contributed by atoms with van der Waals surface area (Å²) in [6.45, 7) is 5.99. The second-order valence-electron chi connectivity index (χ2n) is 4.59. The van der Waals surface area contributed by atoms with Crippen molar-refractivity contribution in [2.45, 2.75) is 32.6 Å². The number of benzene rings is 1. The van der Waals surface area contributed by atoms with E-state index in [1.54, 1.807) is 0 Å². The third-order valence-electron chi connectivity index (χ3n) is 3.11. The molecule has 0 aromatic heterocycles. The first-order valence-electron chi connectivity index (χ1n) is 5.89. The van der Waals surface area contributed by atoms with Crippen LogP contribution in [-0.2, 0) is 11.3 Å². The number of aliphatic hydroxyl groups excluding tert-OH is 1. The quantitative estimate of drug-likeness (QED) is 0.911. The second-order valence-corrected chi connectivity index (χ2v) is 5.44. The Kier molecular flexibility index (Phi) is 4.07. The van der Waals surface area contributed by atoms with E-state index in [1.165, 1.54) is 5.69 Å². The van der Waals surface area contributed by atoms with Crippen molar-refractivity contribution >= 4 is 21.6 Å². The molecule has 2 rings (SSSR count). The minimum atomic E-state index is 0.0773. The van der Waals surface area contributed by atoms with Gasteiger partial charge < -0.3 is 14.7 Å². The summed E-state index contributed by atoms with van der Waals surface area (Å²) in [7, 11) is 0. The summed E-state index contributed by atoms with van der Waals surface area (Å²) in [5.74, 6) is 0. The molecule has 2 unspecified atom stereocenters. The molecule has 0 spiro atoms. The summed E-state index contributed by atoms with van der Waals surface area (Å²) in [4.78, 5) is 2.35. The predicted octanol–water partition coefficient (Wildman–Crippen LogP) is 2.56.